The zero-order valence-electron chi connectivity index (χ0n) is 13.1. The van der Waals surface area contributed by atoms with Crippen molar-refractivity contribution in [3.63, 3.8) is 0 Å². The Hall–Kier alpha value is -1.85. The molecule has 122 valence electrons. The number of carbonyl (C=O) groups is 1. The van der Waals surface area contributed by atoms with Crippen LogP contribution in [0.3, 0.4) is 0 Å². The third-order valence-electron chi connectivity index (χ3n) is 4.17. The van der Waals surface area contributed by atoms with Gasteiger partial charge in [0.05, 0.1) is 0 Å². The number of halogens is 1. The number of H-pyrrole nitrogens is 1. The number of fused-ring (bicyclic) bond motifs is 1. The lowest BCUT2D eigenvalue weighted by Crippen LogP contribution is -2.34. The Morgan fingerprint density at radius 2 is 2.17 bits per heavy atom. The molecule has 0 radical (unpaired) electrons. The number of rotatable bonds is 5. The van der Waals surface area contributed by atoms with Crippen LogP contribution in [-0.2, 0) is 11.3 Å². The van der Waals surface area contributed by atoms with Gasteiger partial charge in [0.1, 0.15) is 0 Å². The molecule has 5 nitrogen and oxygen atoms in total. The van der Waals surface area contributed by atoms with E-state index >= 15 is 0 Å². The second-order valence-electron chi connectivity index (χ2n) is 5.98. The molecule has 1 aliphatic heterocycles. The number of hydrogen-bond acceptors (Lipinski definition) is 3. The number of benzene rings is 1. The Bertz CT molecular complexity index is 787. The molecule has 1 fully saturated rings. The minimum atomic E-state index is -0.123. The zero-order chi connectivity index (χ0) is 16.4. The van der Waals surface area contributed by atoms with Gasteiger partial charge in [0.2, 0.25) is 5.91 Å². The molecule has 0 aliphatic carbocycles. The lowest BCUT2D eigenvalue weighted by atomic mass is 10.1. The largest absolute Gasteiger partial charge is 0.341 e. The fourth-order valence-corrected chi connectivity index (χ4v) is 3.17. The molecule has 1 aliphatic rings. The topological polar surface area (TPSA) is 65.2 Å². The fraction of sp³-hybridized carbons (Fsp3) is 0.412. The van der Waals surface area contributed by atoms with Gasteiger partial charge in [-0.2, -0.15) is 0 Å². The average molecular weight is 334 g/mol. The Morgan fingerprint density at radius 1 is 1.35 bits per heavy atom. The molecule has 23 heavy (non-hydrogen) atoms. The van der Waals surface area contributed by atoms with Crippen molar-refractivity contribution in [1.82, 2.24) is 15.2 Å². The normalized spacial score (nSPS) is 18.1. The van der Waals surface area contributed by atoms with Crippen molar-refractivity contribution >= 4 is 28.4 Å². The summed E-state index contributed by atoms with van der Waals surface area (Å²) < 4.78 is 0. The second kappa shape index (κ2) is 6.72. The van der Waals surface area contributed by atoms with Crippen LogP contribution in [0.1, 0.15) is 25.3 Å². The molecule has 1 aromatic carbocycles. The molecular formula is C17H20ClN3O2. The molecule has 3 rings (SSSR count). The van der Waals surface area contributed by atoms with Gasteiger partial charge in [-0.25, -0.2) is 0 Å². The van der Waals surface area contributed by atoms with Gasteiger partial charge in [0.25, 0.3) is 5.56 Å². The van der Waals surface area contributed by atoms with Gasteiger partial charge in [-0.15, -0.1) is 0 Å². The molecule has 0 saturated carbocycles. The number of likely N-dealkylation sites (tertiary alicyclic amines) is 1. The highest BCUT2D eigenvalue weighted by molar-refractivity contribution is 6.31. The Balaban J connectivity index is 1.70. The predicted molar refractivity (Wildman–Crippen MR) is 91.7 cm³/mol. The van der Waals surface area contributed by atoms with E-state index in [2.05, 4.69) is 17.2 Å². The summed E-state index contributed by atoms with van der Waals surface area (Å²) in [6, 6.07) is 7.41. The van der Waals surface area contributed by atoms with Crippen molar-refractivity contribution in [3.05, 3.63) is 45.2 Å². The Kier molecular flexibility index (Phi) is 4.68. The first kappa shape index (κ1) is 16.0. The number of hydrogen-bond donors (Lipinski definition) is 2. The van der Waals surface area contributed by atoms with Crippen LogP contribution in [-0.4, -0.2) is 34.9 Å². The van der Waals surface area contributed by atoms with Crippen molar-refractivity contribution in [2.75, 3.05) is 13.1 Å². The summed E-state index contributed by atoms with van der Waals surface area (Å²) in [7, 11) is 0. The van der Waals surface area contributed by atoms with Gasteiger partial charge in [-0.05, 0) is 30.0 Å². The van der Waals surface area contributed by atoms with Crippen LogP contribution in [0.4, 0.5) is 0 Å². The zero-order valence-corrected chi connectivity index (χ0v) is 13.8. The molecule has 1 atom stereocenters. The molecule has 1 amide bonds. The first-order valence-electron chi connectivity index (χ1n) is 7.89. The van der Waals surface area contributed by atoms with E-state index in [0.29, 0.717) is 30.1 Å². The van der Waals surface area contributed by atoms with Crippen LogP contribution in [0.5, 0.6) is 0 Å². The highest BCUT2D eigenvalue weighted by atomic mass is 35.5. The maximum Gasteiger partial charge on any atom is 0.252 e. The number of aromatic nitrogens is 1. The van der Waals surface area contributed by atoms with E-state index in [1.54, 1.807) is 12.1 Å². The van der Waals surface area contributed by atoms with E-state index in [9.17, 15) is 9.59 Å². The van der Waals surface area contributed by atoms with Crippen molar-refractivity contribution in [2.24, 2.45) is 0 Å². The standard InChI is InChI=1S/C17H20ClN3O2/c1-2-5-21-10-14(8-16(21)22)19-9-12-6-11-3-4-13(18)7-15(11)20-17(12)23/h3-4,6-7,14,19H,2,5,8-10H2,1H3,(H,20,23). The van der Waals surface area contributed by atoms with Gasteiger partial charge in [0, 0.05) is 48.2 Å². The maximum atomic E-state index is 12.2. The van der Waals surface area contributed by atoms with Crippen molar-refractivity contribution in [3.8, 4) is 0 Å². The third kappa shape index (κ3) is 3.57. The summed E-state index contributed by atoms with van der Waals surface area (Å²) >= 11 is 5.94. The molecular weight excluding hydrogens is 314 g/mol. The monoisotopic (exact) mass is 333 g/mol. The summed E-state index contributed by atoms with van der Waals surface area (Å²) in [6.45, 7) is 4.03. The van der Waals surface area contributed by atoms with E-state index in [1.165, 1.54) is 0 Å². The van der Waals surface area contributed by atoms with E-state index < -0.39 is 0 Å². The summed E-state index contributed by atoms with van der Waals surface area (Å²) in [5.41, 5.74) is 1.28. The number of amides is 1. The summed E-state index contributed by atoms with van der Waals surface area (Å²) in [4.78, 5) is 28.8. The second-order valence-corrected chi connectivity index (χ2v) is 6.41. The Labute approximate surface area is 139 Å². The third-order valence-corrected chi connectivity index (χ3v) is 4.41. The van der Waals surface area contributed by atoms with Crippen LogP contribution in [0.2, 0.25) is 5.02 Å². The van der Waals surface area contributed by atoms with Gasteiger partial charge in [-0.1, -0.05) is 24.6 Å². The van der Waals surface area contributed by atoms with Gasteiger partial charge in [-0.3, -0.25) is 9.59 Å². The number of pyridine rings is 1. The predicted octanol–water partition coefficient (Wildman–Crippen LogP) is 2.28. The molecule has 0 bridgehead atoms. The highest BCUT2D eigenvalue weighted by Gasteiger charge is 2.28. The number of carbonyl (C=O) groups excluding carboxylic acids is 1. The lowest BCUT2D eigenvalue weighted by Gasteiger charge is -2.16. The van der Waals surface area contributed by atoms with Crippen LogP contribution in [0, 0.1) is 0 Å². The summed E-state index contributed by atoms with van der Waals surface area (Å²) in [5, 5.41) is 4.87. The number of nitrogens with one attached hydrogen (secondary N) is 2. The molecule has 2 aromatic rings. The van der Waals surface area contributed by atoms with E-state index in [4.69, 9.17) is 11.6 Å². The maximum absolute atomic E-state index is 12.2. The van der Waals surface area contributed by atoms with E-state index in [0.717, 1.165) is 23.9 Å². The average Bonchev–Trinajstić information content (AvgIpc) is 2.86. The summed E-state index contributed by atoms with van der Waals surface area (Å²) in [6.07, 6.45) is 1.46. The number of nitrogens with zero attached hydrogens (tertiary/aromatic N) is 1. The van der Waals surface area contributed by atoms with Crippen molar-refractivity contribution < 1.29 is 4.79 Å². The number of aromatic amines is 1. The van der Waals surface area contributed by atoms with E-state index in [1.807, 2.05) is 17.0 Å². The lowest BCUT2D eigenvalue weighted by molar-refractivity contribution is -0.127. The summed E-state index contributed by atoms with van der Waals surface area (Å²) in [5.74, 6) is 0.186. The van der Waals surface area contributed by atoms with Gasteiger partial charge in [0.15, 0.2) is 0 Å². The van der Waals surface area contributed by atoms with Crippen molar-refractivity contribution in [1.29, 1.82) is 0 Å². The SMILES string of the molecule is CCCN1CC(NCc2cc3ccc(Cl)cc3[nH]c2=O)CC1=O. The quantitative estimate of drug-likeness (QED) is 0.882. The fourth-order valence-electron chi connectivity index (χ4n) is 3.00. The minimum Gasteiger partial charge on any atom is -0.341 e. The minimum absolute atomic E-state index is 0.106. The molecule has 2 N–H and O–H groups in total. The first-order valence-corrected chi connectivity index (χ1v) is 8.27. The van der Waals surface area contributed by atoms with Crippen LogP contribution in [0.25, 0.3) is 10.9 Å². The first-order chi connectivity index (χ1) is 11.1. The molecule has 2 heterocycles. The molecule has 1 saturated heterocycles. The molecule has 1 aromatic heterocycles. The molecule has 6 heteroatoms. The van der Waals surface area contributed by atoms with E-state index in [-0.39, 0.29) is 17.5 Å². The molecule has 1 unspecified atom stereocenters. The highest BCUT2D eigenvalue weighted by Crippen LogP contribution is 2.17. The molecule has 0 spiro atoms. The van der Waals surface area contributed by atoms with Crippen LogP contribution >= 0.6 is 11.6 Å². The van der Waals surface area contributed by atoms with Crippen LogP contribution < -0.4 is 10.9 Å². The van der Waals surface area contributed by atoms with Crippen molar-refractivity contribution in [2.45, 2.75) is 32.4 Å². The van der Waals surface area contributed by atoms with Gasteiger partial charge >= 0.3 is 0 Å². The smallest absolute Gasteiger partial charge is 0.252 e. The van der Waals surface area contributed by atoms with Gasteiger partial charge < -0.3 is 15.2 Å². The Morgan fingerprint density at radius 3 is 2.96 bits per heavy atom. The van der Waals surface area contributed by atoms with Crippen LogP contribution in [0.15, 0.2) is 29.1 Å².